The molecule has 0 aromatic heterocycles. The molecule has 1 aliphatic heterocycles. The molecule has 3 fully saturated rings. The van der Waals surface area contributed by atoms with Crippen molar-refractivity contribution in [3.63, 3.8) is 0 Å². The fraction of sp³-hybridized carbons (Fsp3) is 0.679. The number of ketones is 1. The molecule has 1 saturated heterocycles. The van der Waals surface area contributed by atoms with Gasteiger partial charge in [-0.2, -0.15) is 0 Å². The summed E-state index contributed by atoms with van der Waals surface area (Å²) in [5.41, 5.74) is 0.00113. The SMILES string of the molecule is CC(C)C(=O)C(NC(=O)c1cc(C2CCCN(C(=O)CNC3CC3)C2)c(F)cc1F)C1CCCCC1. The summed E-state index contributed by atoms with van der Waals surface area (Å²) < 4.78 is 29.7. The fourth-order valence-electron chi connectivity index (χ4n) is 5.61. The molecule has 0 bridgehead atoms. The lowest BCUT2D eigenvalue weighted by Gasteiger charge is -2.33. The van der Waals surface area contributed by atoms with Gasteiger partial charge in [-0.25, -0.2) is 8.78 Å². The van der Waals surface area contributed by atoms with Gasteiger partial charge in [0.1, 0.15) is 11.6 Å². The van der Waals surface area contributed by atoms with Gasteiger partial charge in [-0.1, -0.05) is 33.1 Å². The smallest absolute Gasteiger partial charge is 0.254 e. The van der Waals surface area contributed by atoms with Gasteiger partial charge in [-0.05, 0) is 56.1 Å². The van der Waals surface area contributed by atoms with Crippen molar-refractivity contribution in [2.45, 2.75) is 89.6 Å². The minimum Gasteiger partial charge on any atom is -0.342 e. The van der Waals surface area contributed by atoms with Crippen LogP contribution in [0.4, 0.5) is 8.78 Å². The molecule has 2 atom stereocenters. The highest BCUT2D eigenvalue weighted by Crippen LogP contribution is 2.32. The van der Waals surface area contributed by atoms with Crippen molar-refractivity contribution in [2.75, 3.05) is 19.6 Å². The molecule has 4 rings (SSSR count). The van der Waals surface area contributed by atoms with Gasteiger partial charge in [0, 0.05) is 37.0 Å². The maximum Gasteiger partial charge on any atom is 0.254 e. The lowest BCUT2D eigenvalue weighted by Crippen LogP contribution is -2.48. The molecule has 2 amide bonds. The molecule has 0 radical (unpaired) electrons. The summed E-state index contributed by atoms with van der Waals surface area (Å²) in [4.78, 5) is 40.5. The van der Waals surface area contributed by atoms with Crippen molar-refractivity contribution >= 4 is 17.6 Å². The largest absolute Gasteiger partial charge is 0.342 e. The van der Waals surface area contributed by atoms with Crippen LogP contribution in [0.5, 0.6) is 0 Å². The van der Waals surface area contributed by atoms with Crippen LogP contribution in [0.2, 0.25) is 0 Å². The minimum atomic E-state index is -0.939. The Balaban J connectivity index is 1.50. The van der Waals surface area contributed by atoms with E-state index >= 15 is 0 Å². The van der Waals surface area contributed by atoms with E-state index in [1.54, 1.807) is 18.7 Å². The standard InChI is InChI=1S/C28H39F2N3O3/c1-17(2)27(35)26(18-7-4-3-5-8-18)32-28(36)22-13-21(23(29)14-24(22)30)19-9-6-12-33(16-19)25(34)15-31-20-10-11-20/h13-14,17-20,26,31H,3-12,15-16H2,1-2H3,(H,32,36). The van der Waals surface area contributed by atoms with Gasteiger partial charge < -0.3 is 15.5 Å². The molecule has 198 valence electrons. The second kappa shape index (κ2) is 11.8. The number of likely N-dealkylation sites (tertiary alicyclic amines) is 1. The van der Waals surface area contributed by atoms with Crippen molar-refractivity contribution in [1.29, 1.82) is 0 Å². The van der Waals surface area contributed by atoms with Crippen molar-refractivity contribution in [3.8, 4) is 0 Å². The van der Waals surface area contributed by atoms with Crippen LogP contribution in [0.3, 0.4) is 0 Å². The summed E-state index contributed by atoms with van der Waals surface area (Å²) in [6.45, 7) is 4.82. The van der Waals surface area contributed by atoms with Gasteiger partial charge in [0.05, 0.1) is 18.2 Å². The van der Waals surface area contributed by atoms with Crippen LogP contribution in [0.25, 0.3) is 0 Å². The van der Waals surface area contributed by atoms with E-state index in [0.717, 1.165) is 51.0 Å². The summed E-state index contributed by atoms with van der Waals surface area (Å²) in [7, 11) is 0. The summed E-state index contributed by atoms with van der Waals surface area (Å²) in [5, 5.41) is 6.03. The average molecular weight is 504 g/mol. The van der Waals surface area contributed by atoms with Crippen LogP contribution in [0, 0.1) is 23.5 Å². The number of nitrogens with one attached hydrogen (secondary N) is 2. The van der Waals surface area contributed by atoms with Gasteiger partial charge in [0.2, 0.25) is 5.91 Å². The zero-order chi connectivity index (χ0) is 25.8. The van der Waals surface area contributed by atoms with Crippen molar-refractivity contribution in [1.82, 2.24) is 15.5 Å². The van der Waals surface area contributed by atoms with Crippen LogP contribution in [-0.2, 0) is 9.59 Å². The fourth-order valence-corrected chi connectivity index (χ4v) is 5.61. The van der Waals surface area contributed by atoms with Crippen molar-refractivity contribution in [2.24, 2.45) is 11.8 Å². The molecule has 2 unspecified atom stereocenters. The Kier molecular flexibility index (Phi) is 8.75. The normalized spacial score (nSPS) is 21.9. The van der Waals surface area contributed by atoms with E-state index in [1.807, 2.05) is 0 Å². The zero-order valence-electron chi connectivity index (χ0n) is 21.5. The zero-order valence-corrected chi connectivity index (χ0v) is 21.5. The molecular formula is C28H39F2N3O3. The number of hydrogen-bond donors (Lipinski definition) is 2. The highest BCUT2D eigenvalue weighted by Gasteiger charge is 2.34. The van der Waals surface area contributed by atoms with E-state index in [2.05, 4.69) is 10.6 Å². The molecule has 1 aromatic rings. The summed E-state index contributed by atoms with van der Waals surface area (Å²) in [5.74, 6) is -2.95. The van der Waals surface area contributed by atoms with E-state index in [9.17, 15) is 23.2 Å². The number of carbonyl (C=O) groups is 3. The Hall–Kier alpha value is -2.35. The maximum absolute atomic E-state index is 14.9. The molecule has 8 heteroatoms. The van der Waals surface area contributed by atoms with Gasteiger partial charge in [0.15, 0.2) is 5.78 Å². The third-order valence-electron chi connectivity index (χ3n) is 7.95. The Bertz CT molecular complexity index is 973. The Morgan fingerprint density at radius 2 is 1.69 bits per heavy atom. The van der Waals surface area contributed by atoms with Gasteiger partial charge in [-0.3, -0.25) is 14.4 Å². The van der Waals surface area contributed by atoms with Crippen LogP contribution in [0.1, 0.15) is 93.5 Å². The first kappa shape index (κ1) is 26.7. The number of Topliss-reactive ketones (excluding diaryl/α,β-unsaturated/α-hetero) is 1. The van der Waals surface area contributed by atoms with E-state index in [4.69, 9.17) is 0 Å². The van der Waals surface area contributed by atoms with Crippen LogP contribution < -0.4 is 10.6 Å². The Morgan fingerprint density at radius 3 is 2.36 bits per heavy atom. The molecule has 36 heavy (non-hydrogen) atoms. The lowest BCUT2D eigenvalue weighted by molar-refractivity contribution is -0.131. The number of piperidine rings is 1. The van der Waals surface area contributed by atoms with Crippen LogP contribution >= 0.6 is 0 Å². The first-order chi connectivity index (χ1) is 17.2. The summed E-state index contributed by atoms with van der Waals surface area (Å²) in [6.07, 6.45) is 8.36. The predicted molar refractivity (Wildman–Crippen MR) is 134 cm³/mol. The second-order valence-electron chi connectivity index (χ2n) is 11.1. The van der Waals surface area contributed by atoms with Crippen LogP contribution in [-0.4, -0.2) is 54.2 Å². The predicted octanol–water partition coefficient (Wildman–Crippen LogP) is 4.33. The van der Waals surface area contributed by atoms with Gasteiger partial charge in [-0.15, -0.1) is 0 Å². The minimum absolute atomic E-state index is 0.0189. The topological polar surface area (TPSA) is 78.5 Å². The molecule has 3 aliphatic rings. The van der Waals surface area contributed by atoms with E-state index in [1.165, 1.54) is 6.07 Å². The number of rotatable bonds is 9. The molecular weight excluding hydrogens is 464 g/mol. The van der Waals surface area contributed by atoms with Crippen LogP contribution in [0.15, 0.2) is 12.1 Å². The first-order valence-electron chi connectivity index (χ1n) is 13.6. The molecule has 2 N–H and O–H groups in total. The lowest BCUT2D eigenvalue weighted by atomic mass is 9.80. The number of hydrogen-bond acceptors (Lipinski definition) is 4. The number of amides is 2. The molecule has 2 saturated carbocycles. The molecule has 1 aromatic carbocycles. The van der Waals surface area contributed by atoms with Crippen molar-refractivity contribution < 1.29 is 23.2 Å². The Morgan fingerprint density at radius 1 is 0.972 bits per heavy atom. The van der Waals surface area contributed by atoms with Gasteiger partial charge >= 0.3 is 0 Å². The molecule has 6 nitrogen and oxygen atoms in total. The maximum atomic E-state index is 14.9. The highest BCUT2D eigenvalue weighted by atomic mass is 19.1. The highest BCUT2D eigenvalue weighted by molar-refractivity contribution is 5.98. The third-order valence-corrected chi connectivity index (χ3v) is 7.95. The quantitative estimate of drug-likeness (QED) is 0.526. The number of carbonyl (C=O) groups excluding carboxylic acids is 3. The average Bonchev–Trinajstić information content (AvgIpc) is 3.70. The molecule has 0 spiro atoms. The van der Waals surface area contributed by atoms with Crippen molar-refractivity contribution in [3.05, 3.63) is 34.9 Å². The second-order valence-corrected chi connectivity index (χ2v) is 11.1. The monoisotopic (exact) mass is 503 g/mol. The summed E-state index contributed by atoms with van der Waals surface area (Å²) >= 11 is 0. The van der Waals surface area contributed by atoms with E-state index in [-0.39, 0.29) is 47.1 Å². The van der Waals surface area contributed by atoms with Gasteiger partial charge in [0.25, 0.3) is 5.91 Å². The number of nitrogens with zero attached hydrogens (tertiary/aromatic N) is 1. The van der Waals surface area contributed by atoms with E-state index < -0.39 is 23.6 Å². The summed E-state index contributed by atoms with van der Waals surface area (Å²) in [6, 6.07) is 1.80. The van der Waals surface area contributed by atoms with E-state index in [0.29, 0.717) is 32.0 Å². The molecule has 1 heterocycles. The Labute approximate surface area is 212 Å². The number of benzene rings is 1. The number of halogens is 2. The first-order valence-corrected chi connectivity index (χ1v) is 13.6. The molecule has 2 aliphatic carbocycles. The third kappa shape index (κ3) is 6.50.